The van der Waals surface area contributed by atoms with Crippen LogP contribution < -0.4 is 20.1 Å². The third-order valence-electron chi connectivity index (χ3n) is 6.66. The van der Waals surface area contributed by atoms with E-state index >= 15 is 0 Å². The molecule has 5 rings (SSSR count). The van der Waals surface area contributed by atoms with Gasteiger partial charge in [-0.15, -0.1) is 0 Å². The molecular weight excluding hydrogens is 436 g/mol. The maximum Gasteiger partial charge on any atom is 0.163 e. The Kier molecular flexibility index (Phi) is 6.75. The summed E-state index contributed by atoms with van der Waals surface area (Å²) in [6, 6.07) is 24.2. The maximum atomic E-state index is 13.7. The summed E-state index contributed by atoms with van der Waals surface area (Å²) in [5.41, 5.74) is 6.01. The Morgan fingerprint density at radius 2 is 1.46 bits per heavy atom. The topological polar surface area (TPSA) is 59.6 Å². The van der Waals surface area contributed by atoms with E-state index in [1.54, 1.807) is 0 Å². The smallest absolute Gasteiger partial charge is 0.163 e. The predicted molar refractivity (Wildman–Crippen MR) is 140 cm³/mol. The van der Waals surface area contributed by atoms with Gasteiger partial charge >= 0.3 is 0 Å². The lowest BCUT2D eigenvalue weighted by Gasteiger charge is -2.30. The molecule has 1 heterocycles. The quantitative estimate of drug-likeness (QED) is 0.397. The van der Waals surface area contributed by atoms with Gasteiger partial charge in [-0.2, -0.15) is 0 Å². The van der Waals surface area contributed by atoms with Crippen LogP contribution in [0.4, 0.5) is 11.4 Å². The van der Waals surface area contributed by atoms with Gasteiger partial charge in [0, 0.05) is 17.7 Å². The van der Waals surface area contributed by atoms with Gasteiger partial charge in [0.15, 0.2) is 5.78 Å². The van der Waals surface area contributed by atoms with Crippen LogP contribution in [0, 0.1) is 0 Å². The maximum absolute atomic E-state index is 13.7. The fraction of sp³-hybridized carbons (Fsp3) is 0.300. The molecule has 0 radical (unpaired) electrons. The molecule has 0 bridgehead atoms. The van der Waals surface area contributed by atoms with Crippen LogP contribution in [0.3, 0.4) is 0 Å². The number of allylic oxidation sites excluding steroid dienone is 1. The Hall–Kier alpha value is -3.73. The number of rotatable bonds is 7. The van der Waals surface area contributed by atoms with Crippen molar-refractivity contribution in [2.75, 3.05) is 23.8 Å². The van der Waals surface area contributed by atoms with Crippen molar-refractivity contribution in [2.45, 2.75) is 45.1 Å². The minimum Gasteiger partial charge on any atom is -0.494 e. The number of para-hydroxylation sites is 2. The summed E-state index contributed by atoms with van der Waals surface area (Å²) in [7, 11) is 0. The molecule has 0 amide bonds. The van der Waals surface area contributed by atoms with Crippen molar-refractivity contribution < 1.29 is 14.3 Å². The van der Waals surface area contributed by atoms with Crippen molar-refractivity contribution in [1.82, 2.24) is 0 Å². The number of nitrogens with one attached hydrogen (secondary N) is 2. The van der Waals surface area contributed by atoms with E-state index in [4.69, 9.17) is 9.47 Å². The van der Waals surface area contributed by atoms with Crippen LogP contribution in [0.25, 0.3) is 0 Å². The first-order valence-corrected chi connectivity index (χ1v) is 12.5. The van der Waals surface area contributed by atoms with Crippen molar-refractivity contribution in [1.29, 1.82) is 0 Å². The van der Waals surface area contributed by atoms with E-state index in [1.165, 1.54) is 0 Å². The molecule has 5 nitrogen and oxygen atoms in total. The molecule has 2 aliphatic rings. The molecule has 180 valence electrons. The first kappa shape index (κ1) is 23.0. The normalized spacial score (nSPS) is 19.1. The minimum atomic E-state index is -0.227. The van der Waals surface area contributed by atoms with E-state index < -0.39 is 0 Å². The lowest BCUT2D eigenvalue weighted by Crippen LogP contribution is -2.26. The number of carbonyl (C=O) groups is 1. The summed E-state index contributed by atoms with van der Waals surface area (Å²) in [5, 5.41) is 7.25. The zero-order valence-corrected chi connectivity index (χ0v) is 20.3. The molecule has 35 heavy (non-hydrogen) atoms. The number of hydrogen-bond acceptors (Lipinski definition) is 5. The molecule has 1 aliphatic carbocycles. The molecule has 2 atom stereocenters. The number of benzene rings is 3. The number of ketones is 1. The van der Waals surface area contributed by atoms with Crippen LogP contribution in [0.5, 0.6) is 11.5 Å². The standard InChI is InChI=1S/C30H32N2O3/c1-3-17-35-24-15-11-21(12-16-24)30-29-27(31-25-7-5-6-8-26(25)32-30)18-22(19-28(29)33)20-9-13-23(14-10-20)34-4-2/h5-16,22,30-32H,3-4,17-19H2,1-2H3. The van der Waals surface area contributed by atoms with Crippen molar-refractivity contribution >= 4 is 17.2 Å². The number of anilines is 2. The highest BCUT2D eigenvalue weighted by molar-refractivity contribution is 6.01. The lowest BCUT2D eigenvalue weighted by molar-refractivity contribution is -0.116. The van der Waals surface area contributed by atoms with E-state index in [0.29, 0.717) is 19.6 Å². The first-order valence-electron chi connectivity index (χ1n) is 12.5. The van der Waals surface area contributed by atoms with E-state index in [2.05, 4.69) is 54.0 Å². The summed E-state index contributed by atoms with van der Waals surface area (Å²) in [6.07, 6.45) is 2.23. The second-order valence-corrected chi connectivity index (χ2v) is 9.09. The highest BCUT2D eigenvalue weighted by Gasteiger charge is 2.36. The third kappa shape index (κ3) is 4.90. The van der Waals surface area contributed by atoms with Crippen molar-refractivity contribution in [3.05, 3.63) is 95.2 Å². The van der Waals surface area contributed by atoms with Gasteiger partial charge in [0.2, 0.25) is 0 Å². The number of carbonyl (C=O) groups excluding carboxylic acids is 1. The average molecular weight is 469 g/mol. The number of fused-ring (bicyclic) bond motifs is 1. The molecule has 5 heteroatoms. The van der Waals surface area contributed by atoms with Crippen LogP contribution in [0.1, 0.15) is 56.2 Å². The van der Waals surface area contributed by atoms with Crippen LogP contribution in [-0.4, -0.2) is 19.0 Å². The van der Waals surface area contributed by atoms with Crippen LogP contribution >= 0.6 is 0 Å². The predicted octanol–water partition coefficient (Wildman–Crippen LogP) is 6.85. The first-order chi connectivity index (χ1) is 17.2. The van der Waals surface area contributed by atoms with Crippen LogP contribution in [-0.2, 0) is 4.79 Å². The summed E-state index contributed by atoms with van der Waals surface area (Å²) in [4.78, 5) is 13.7. The van der Waals surface area contributed by atoms with Crippen molar-refractivity contribution in [3.63, 3.8) is 0 Å². The van der Waals surface area contributed by atoms with Gasteiger partial charge in [0.25, 0.3) is 0 Å². The van der Waals surface area contributed by atoms with Gasteiger partial charge in [-0.05, 0) is 73.2 Å². The number of hydrogen-bond donors (Lipinski definition) is 2. The lowest BCUT2D eigenvalue weighted by atomic mass is 9.78. The van der Waals surface area contributed by atoms with E-state index in [1.807, 2.05) is 43.3 Å². The van der Waals surface area contributed by atoms with Crippen molar-refractivity contribution in [3.8, 4) is 11.5 Å². The SMILES string of the molecule is CCCOc1ccc(C2Nc3ccccc3NC3=C2C(=O)CC(c2ccc(OCC)cc2)C3)cc1. The second-order valence-electron chi connectivity index (χ2n) is 9.09. The zero-order chi connectivity index (χ0) is 24.2. The molecule has 0 saturated heterocycles. The third-order valence-corrected chi connectivity index (χ3v) is 6.66. The Morgan fingerprint density at radius 3 is 2.14 bits per heavy atom. The molecule has 1 aliphatic heterocycles. The van der Waals surface area contributed by atoms with Gasteiger partial charge < -0.3 is 20.1 Å². The molecule has 3 aromatic rings. The molecule has 0 fully saturated rings. The second kappa shape index (κ2) is 10.3. The average Bonchev–Trinajstić information content (AvgIpc) is 3.05. The minimum absolute atomic E-state index is 0.125. The molecule has 0 saturated carbocycles. The molecule has 3 aromatic carbocycles. The van der Waals surface area contributed by atoms with E-state index in [-0.39, 0.29) is 17.7 Å². The highest BCUT2D eigenvalue weighted by atomic mass is 16.5. The van der Waals surface area contributed by atoms with Gasteiger partial charge in [-0.1, -0.05) is 43.3 Å². The fourth-order valence-electron chi connectivity index (χ4n) is 4.96. The molecule has 2 unspecified atom stereocenters. The van der Waals surface area contributed by atoms with Crippen LogP contribution in [0.15, 0.2) is 84.1 Å². The van der Waals surface area contributed by atoms with Gasteiger partial charge in [-0.25, -0.2) is 0 Å². The fourth-order valence-corrected chi connectivity index (χ4v) is 4.96. The Balaban J connectivity index is 1.49. The Bertz CT molecular complexity index is 1220. The number of ether oxygens (including phenoxy) is 2. The molecule has 2 N–H and O–H groups in total. The van der Waals surface area contributed by atoms with Crippen molar-refractivity contribution in [2.24, 2.45) is 0 Å². The summed E-state index contributed by atoms with van der Waals surface area (Å²) in [5.74, 6) is 2.01. The summed E-state index contributed by atoms with van der Waals surface area (Å²) >= 11 is 0. The van der Waals surface area contributed by atoms with Crippen LogP contribution in [0.2, 0.25) is 0 Å². The summed E-state index contributed by atoms with van der Waals surface area (Å²) < 4.78 is 11.4. The molecule has 0 spiro atoms. The zero-order valence-electron chi connectivity index (χ0n) is 20.3. The van der Waals surface area contributed by atoms with E-state index in [0.717, 1.165) is 58.1 Å². The highest BCUT2D eigenvalue weighted by Crippen LogP contribution is 2.44. The molecule has 0 aromatic heterocycles. The monoisotopic (exact) mass is 468 g/mol. The largest absolute Gasteiger partial charge is 0.494 e. The molecular formula is C30H32N2O3. The van der Waals surface area contributed by atoms with Gasteiger partial charge in [-0.3, -0.25) is 4.79 Å². The summed E-state index contributed by atoms with van der Waals surface area (Å²) in [6.45, 7) is 5.41. The Morgan fingerprint density at radius 1 is 0.800 bits per heavy atom. The number of Topliss-reactive ketones (excluding diaryl/α,β-unsaturated/α-hetero) is 1. The van der Waals surface area contributed by atoms with Gasteiger partial charge in [0.05, 0.1) is 30.6 Å². The Labute approximate surface area is 207 Å². The van der Waals surface area contributed by atoms with Gasteiger partial charge in [0.1, 0.15) is 11.5 Å². The van der Waals surface area contributed by atoms with E-state index in [9.17, 15) is 4.79 Å².